The predicted molar refractivity (Wildman–Crippen MR) is 96.1 cm³/mol. The van der Waals surface area contributed by atoms with Gasteiger partial charge in [0.2, 0.25) is 0 Å². The van der Waals surface area contributed by atoms with Crippen LogP contribution in [-0.2, 0) is 13.2 Å². The second-order valence-corrected chi connectivity index (χ2v) is 6.92. The van der Waals surface area contributed by atoms with E-state index in [0.717, 1.165) is 21.3 Å². The summed E-state index contributed by atoms with van der Waals surface area (Å²) >= 11 is 1.69. The third kappa shape index (κ3) is 3.68. The molecule has 0 unspecified atom stereocenters. The maximum Gasteiger partial charge on any atom is 0.136 e. The van der Waals surface area contributed by atoms with Crippen LogP contribution in [0.1, 0.15) is 37.0 Å². The van der Waals surface area contributed by atoms with Crippen molar-refractivity contribution < 1.29 is 5.11 Å². The van der Waals surface area contributed by atoms with Crippen molar-refractivity contribution in [3.63, 3.8) is 0 Å². The van der Waals surface area contributed by atoms with E-state index in [4.69, 9.17) is 0 Å². The number of aliphatic hydroxyl groups excluding tert-OH is 1. The van der Waals surface area contributed by atoms with Gasteiger partial charge in [-0.2, -0.15) is 0 Å². The van der Waals surface area contributed by atoms with Crippen LogP contribution in [0.25, 0.3) is 0 Å². The highest BCUT2D eigenvalue weighted by Crippen LogP contribution is 2.35. The SMILES string of the molecule is CC(C)c1nc(CO)n(Cc2ccccn2)c1Sc1ccccc1. The van der Waals surface area contributed by atoms with Gasteiger partial charge in [-0.15, -0.1) is 0 Å². The van der Waals surface area contributed by atoms with E-state index in [0.29, 0.717) is 12.4 Å². The number of aliphatic hydroxyl groups is 1. The zero-order valence-corrected chi connectivity index (χ0v) is 14.7. The Morgan fingerprint density at radius 2 is 1.83 bits per heavy atom. The van der Waals surface area contributed by atoms with Crippen LogP contribution in [-0.4, -0.2) is 19.6 Å². The number of hydrogen-bond donors (Lipinski definition) is 1. The van der Waals surface area contributed by atoms with E-state index < -0.39 is 0 Å². The summed E-state index contributed by atoms with van der Waals surface area (Å²) in [6.07, 6.45) is 1.79. The standard InChI is InChI=1S/C19H21N3OS/c1-14(2)18-19(24-16-9-4-3-5-10-16)22(17(13-23)21-18)12-15-8-6-7-11-20-15/h3-11,14,23H,12-13H2,1-2H3. The summed E-state index contributed by atoms with van der Waals surface area (Å²) in [6.45, 7) is 4.78. The lowest BCUT2D eigenvalue weighted by Gasteiger charge is -2.12. The molecule has 0 saturated heterocycles. The molecule has 5 heteroatoms. The molecule has 3 aromatic rings. The minimum Gasteiger partial charge on any atom is -0.388 e. The number of benzene rings is 1. The minimum atomic E-state index is -0.0814. The summed E-state index contributed by atoms with van der Waals surface area (Å²) < 4.78 is 2.08. The van der Waals surface area contributed by atoms with Gasteiger partial charge in [0.25, 0.3) is 0 Å². The lowest BCUT2D eigenvalue weighted by Crippen LogP contribution is -2.07. The predicted octanol–water partition coefficient (Wildman–Crippen LogP) is 4.09. The van der Waals surface area contributed by atoms with E-state index in [1.807, 2.05) is 36.4 Å². The van der Waals surface area contributed by atoms with Crippen LogP contribution in [0.4, 0.5) is 0 Å². The van der Waals surface area contributed by atoms with Crippen LogP contribution in [0.3, 0.4) is 0 Å². The molecule has 24 heavy (non-hydrogen) atoms. The summed E-state index contributed by atoms with van der Waals surface area (Å²) in [5, 5.41) is 10.8. The van der Waals surface area contributed by atoms with Crippen molar-refractivity contribution in [2.45, 2.75) is 42.8 Å². The molecule has 0 aliphatic carbocycles. The summed E-state index contributed by atoms with van der Waals surface area (Å²) in [4.78, 5) is 10.3. The van der Waals surface area contributed by atoms with Crippen molar-refractivity contribution in [3.8, 4) is 0 Å². The number of hydrogen-bond acceptors (Lipinski definition) is 4. The minimum absolute atomic E-state index is 0.0814. The molecule has 0 amide bonds. The maximum atomic E-state index is 9.77. The summed E-state index contributed by atoms with van der Waals surface area (Å²) in [5.41, 5.74) is 1.97. The normalized spacial score (nSPS) is 11.2. The second kappa shape index (κ2) is 7.64. The first-order valence-electron chi connectivity index (χ1n) is 8.02. The Morgan fingerprint density at radius 3 is 2.46 bits per heavy atom. The average Bonchev–Trinajstić information content (AvgIpc) is 2.94. The fourth-order valence-corrected chi connectivity index (χ4v) is 3.71. The lowest BCUT2D eigenvalue weighted by atomic mass is 10.1. The fourth-order valence-electron chi connectivity index (χ4n) is 2.52. The molecule has 0 atom stereocenters. The van der Waals surface area contributed by atoms with E-state index in [2.05, 4.69) is 40.5 Å². The second-order valence-electron chi connectivity index (χ2n) is 5.85. The van der Waals surface area contributed by atoms with Gasteiger partial charge in [-0.05, 0) is 30.2 Å². The van der Waals surface area contributed by atoms with Crippen LogP contribution in [0.2, 0.25) is 0 Å². The molecule has 0 aliphatic rings. The highest BCUT2D eigenvalue weighted by Gasteiger charge is 2.20. The van der Waals surface area contributed by atoms with Crippen molar-refractivity contribution in [2.75, 3.05) is 0 Å². The van der Waals surface area contributed by atoms with Crippen molar-refractivity contribution in [1.29, 1.82) is 0 Å². The Bertz CT molecular complexity index is 785. The van der Waals surface area contributed by atoms with E-state index in [-0.39, 0.29) is 12.5 Å². The Balaban J connectivity index is 2.04. The molecule has 0 saturated carbocycles. The Morgan fingerprint density at radius 1 is 1.08 bits per heavy atom. The van der Waals surface area contributed by atoms with Crippen molar-refractivity contribution >= 4 is 11.8 Å². The molecule has 1 aromatic carbocycles. The highest BCUT2D eigenvalue weighted by atomic mass is 32.2. The van der Waals surface area contributed by atoms with Crippen molar-refractivity contribution in [2.24, 2.45) is 0 Å². The quantitative estimate of drug-likeness (QED) is 0.735. The first-order valence-corrected chi connectivity index (χ1v) is 8.83. The summed E-state index contributed by atoms with van der Waals surface area (Å²) in [6, 6.07) is 16.1. The summed E-state index contributed by atoms with van der Waals surface area (Å²) in [5.74, 6) is 0.967. The number of nitrogens with zero attached hydrogens (tertiary/aromatic N) is 3. The molecule has 0 bridgehead atoms. The zero-order chi connectivity index (χ0) is 16.9. The molecule has 124 valence electrons. The van der Waals surface area contributed by atoms with Crippen LogP contribution in [0.15, 0.2) is 64.6 Å². The van der Waals surface area contributed by atoms with Gasteiger partial charge in [-0.3, -0.25) is 4.98 Å². The van der Waals surface area contributed by atoms with Gasteiger partial charge < -0.3 is 9.67 Å². The summed E-state index contributed by atoms with van der Waals surface area (Å²) in [7, 11) is 0. The molecule has 2 aromatic heterocycles. The third-order valence-corrected chi connectivity index (χ3v) is 4.85. The fraction of sp³-hybridized carbons (Fsp3) is 0.263. The van der Waals surface area contributed by atoms with Gasteiger partial charge in [0.15, 0.2) is 0 Å². The van der Waals surface area contributed by atoms with Crippen LogP contribution in [0.5, 0.6) is 0 Å². The lowest BCUT2D eigenvalue weighted by molar-refractivity contribution is 0.264. The molecule has 1 N–H and O–H groups in total. The van der Waals surface area contributed by atoms with Crippen LogP contribution < -0.4 is 0 Å². The van der Waals surface area contributed by atoms with Gasteiger partial charge in [-0.1, -0.05) is 49.9 Å². The van der Waals surface area contributed by atoms with Crippen LogP contribution in [0, 0.1) is 0 Å². The molecular weight excluding hydrogens is 318 g/mol. The first kappa shape index (κ1) is 16.7. The Hall–Kier alpha value is -2.11. The Labute approximate surface area is 146 Å². The molecule has 0 radical (unpaired) electrons. The van der Waals surface area contributed by atoms with E-state index in [1.165, 1.54) is 0 Å². The van der Waals surface area contributed by atoms with Gasteiger partial charge >= 0.3 is 0 Å². The highest BCUT2D eigenvalue weighted by molar-refractivity contribution is 7.99. The average molecular weight is 339 g/mol. The van der Waals surface area contributed by atoms with Gasteiger partial charge in [0.05, 0.1) is 17.9 Å². The number of rotatable bonds is 6. The largest absolute Gasteiger partial charge is 0.388 e. The van der Waals surface area contributed by atoms with Gasteiger partial charge in [0.1, 0.15) is 17.5 Å². The van der Waals surface area contributed by atoms with E-state index >= 15 is 0 Å². The third-order valence-electron chi connectivity index (χ3n) is 3.72. The number of imidazole rings is 1. The maximum absolute atomic E-state index is 9.77. The molecule has 3 rings (SSSR count). The first-order chi connectivity index (χ1) is 11.7. The van der Waals surface area contributed by atoms with E-state index in [9.17, 15) is 5.11 Å². The van der Waals surface area contributed by atoms with Crippen LogP contribution >= 0.6 is 11.8 Å². The molecule has 0 fully saturated rings. The monoisotopic (exact) mass is 339 g/mol. The molecule has 0 aliphatic heterocycles. The van der Waals surface area contributed by atoms with Gasteiger partial charge in [0, 0.05) is 11.1 Å². The van der Waals surface area contributed by atoms with Crippen molar-refractivity contribution in [1.82, 2.24) is 14.5 Å². The van der Waals surface area contributed by atoms with E-state index in [1.54, 1.807) is 18.0 Å². The molecular formula is C19H21N3OS. The van der Waals surface area contributed by atoms with Crippen molar-refractivity contribution in [3.05, 3.63) is 71.9 Å². The number of aromatic nitrogens is 3. The zero-order valence-electron chi connectivity index (χ0n) is 13.9. The molecule has 2 heterocycles. The molecule has 0 spiro atoms. The number of pyridine rings is 1. The molecule has 4 nitrogen and oxygen atoms in total. The topological polar surface area (TPSA) is 50.9 Å². The van der Waals surface area contributed by atoms with Gasteiger partial charge in [-0.25, -0.2) is 4.98 Å². The smallest absolute Gasteiger partial charge is 0.136 e. The Kier molecular flexibility index (Phi) is 5.33.